The normalized spacial score (nSPS) is 10.8. The van der Waals surface area contributed by atoms with Crippen molar-refractivity contribution in [2.45, 2.75) is 6.92 Å². The Morgan fingerprint density at radius 1 is 1.10 bits per heavy atom. The Kier molecular flexibility index (Phi) is 3.22. The molecule has 4 heteroatoms. The molecule has 1 aromatic heterocycles. The molecule has 3 aromatic rings. The van der Waals surface area contributed by atoms with Gasteiger partial charge in [0, 0.05) is 17.1 Å². The van der Waals surface area contributed by atoms with Gasteiger partial charge in [0.05, 0.1) is 11.1 Å². The molecule has 2 nitrogen and oxygen atoms in total. The van der Waals surface area contributed by atoms with Gasteiger partial charge >= 0.3 is 0 Å². The van der Waals surface area contributed by atoms with Crippen molar-refractivity contribution in [2.24, 2.45) is 0 Å². The lowest BCUT2D eigenvalue weighted by molar-refractivity contribution is 0.103. The third kappa shape index (κ3) is 2.29. The molecule has 0 amide bonds. The van der Waals surface area contributed by atoms with Crippen LogP contribution in [0, 0.1) is 18.6 Å². The van der Waals surface area contributed by atoms with Crippen LogP contribution >= 0.6 is 0 Å². The molecule has 0 fully saturated rings. The summed E-state index contributed by atoms with van der Waals surface area (Å²) >= 11 is 0. The first-order valence-corrected chi connectivity index (χ1v) is 6.42. The highest BCUT2D eigenvalue weighted by Gasteiger charge is 2.20. The van der Waals surface area contributed by atoms with Gasteiger partial charge in [-0.15, -0.1) is 0 Å². The van der Waals surface area contributed by atoms with Crippen LogP contribution in [0.15, 0.2) is 48.7 Å². The maximum absolute atomic E-state index is 14.0. The van der Waals surface area contributed by atoms with Gasteiger partial charge in [-0.3, -0.25) is 9.78 Å². The minimum absolute atomic E-state index is 0.213. The SMILES string of the molecule is Cc1ccc(F)c(C(=O)c2ccc3cccnc3c2)c1F. The van der Waals surface area contributed by atoms with Gasteiger partial charge in [-0.05, 0) is 30.7 Å². The Morgan fingerprint density at radius 3 is 2.71 bits per heavy atom. The number of carbonyl (C=O) groups is 1. The van der Waals surface area contributed by atoms with Crippen molar-refractivity contribution < 1.29 is 13.6 Å². The summed E-state index contributed by atoms with van der Waals surface area (Å²) in [5.74, 6) is -2.36. The van der Waals surface area contributed by atoms with Crippen LogP contribution in [0.25, 0.3) is 10.9 Å². The maximum atomic E-state index is 14.0. The van der Waals surface area contributed by atoms with E-state index in [1.165, 1.54) is 13.0 Å². The van der Waals surface area contributed by atoms with Crippen LogP contribution in [0.3, 0.4) is 0 Å². The van der Waals surface area contributed by atoms with Crippen LogP contribution in [0.1, 0.15) is 21.5 Å². The summed E-state index contributed by atoms with van der Waals surface area (Å²) in [4.78, 5) is 16.5. The third-order valence-corrected chi connectivity index (χ3v) is 3.38. The number of carbonyl (C=O) groups excluding carboxylic acids is 1. The fraction of sp³-hybridized carbons (Fsp3) is 0.0588. The fourth-order valence-electron chi connectivity index (χ4n) is 2.22. The molecule has 0 atom stereocenters. The zero-order chi connectivity index (χ0) is 15.0. The largest absolute Gasteiger partial charge is 0.288 e. The molecular formula is C17H11F2NO. The summed E-state index contributed by atoms with van der Waals surface area (Å²) in [6.45, 7) is 1.49. The third-order valence-electron chi connectivity index (χ3n) is 3.38. The van der Waals surface area contributed by atoms with Crippen LogP contribution in [0.2, 0.25) is 0 Å². The second-order valence-electron chi connectivity index (χ2n) is 4.79. The number of hydrogen-bond donors (Lipinski definition) is 0. The van der Waals surface area contributed by atoms with Gasteiger partial charge < -0.3 is 0 Å². The molecule has 0 aliphatic carbocycles. The second-order valence-corrected chi connectivity index (χ2v) is 4.79. The monoisotopic (exact) mass is 283 g/mol. The highest BCUT2D eigenvalue weighted by Crippen LogP contribution is 2.22. The molecule has 0 saturated heterocycles. The highest BCUT2D eigenvalue weighted by atomic mass is 19.1. The Bertz CT molecular complexity index is 859. The van der Waals surface area contributed by atoms with E-state index in [-0.39, 0.29) is 11.1 Å². The van der Waals surface area contributed by atoms with Crippen LogP contribution < -0.4 is 0 Å². The van der Waals surface area contributed by atoms with Crippen molar-refractivity contribution in [2.75, 3.05) is 0 Å². The number of hydrogen-bond acceptors (Lipinski definition) is 2. The first-order valence-electron chi connectivity index (χ1n) is 6.42. The molecule has 3 rings (SSSR count). The van der Waals surface area contributed by atoms with Crippen molar-refractivity contribution in [1.82, 2.24) is 4.98 Å². The number of fused-ring (bicyclic) bond motifs is 1. The molecule has 0 spiro atoms. The topological polar surface area (TPSA) is 30.0 Å². The second kappa shape index (κ2) is 5.05. The molecule has 0 bridgehead atoms. The van der Waals surface area contributed by atoms with Gasteiger partial charge in [0.1, 0.15) is 11.6 Å². The first-order chi connectivity index (χ1) is 10.1. The van der Waals surface area contributed by atoms with E-state index >= 15 is 0 Å². The summed E-state index contributed by atoms with van der Waals surface area (Å²) in [5.41, 5.74) is 0.533. The number of rotatable bonds is 2. The van der Waals surface area contributed by atoms with Crippen molar-refractivity contribution in [1.29, 1.82) is 0 Å². The van der Waals surface area contributed by atoms with E-state index < -0.39 is 23.0 Å². The Balaban J connectivity index is 2.15. The van der Waals surface area contributed by atoms with Crippen LogP contribution in [0.4, 0.5) is 8.78 Å². The highest BCUT2D eigenvalue weighted by molar-refractivity contribution is 6.10. The molecule has 1 heterocycles. The number of pyridine rings is 1. The van der Waals surface area contributed by atoms with E-state index in [1.54, 1.807) is 30.5 Å². The zero-order valence-electron chi connectivity index (χ0n) is 11.2. The minimum atomic E-state index is -0.857. The predicted molar refractivity (Wildman–Crippen MR) is 76.3 cm³/mol. The predicted octanol–water partition coefficient (Wildman–Crippen LogP) is 4.05. The molecular weight excluding hydrogens is 272 g/mol. The lowest BCUT2D eigenvalue weighted by Gasteiger charge is -2.07. The van der Waals surface area contributed by atoms with Crippen molar-refractivity contribution in [3.8, 4) is 0 Å². The average Bonchev–Trinajstić information content (AvgIpc) is 2.51. The summed E-state index contributed by atoms with van der Waals surface area (Å²) in [5, 5.41) is 0.860. The molecule has 21 heavy (non-hydrogen) atoms. The van der Waals surface area contributed by atoms with Gasteiger partial charge in [-0.25, -0.2) is 8.78 Å². The molecule has 0 aliphatic rings. The Labute approximate surface area is 120 Å². The fourth-order valence-corrected chi connectivity index (χ4v) is 2.22. The summed E-state index contributed by atoms with van der Waals surface area (Å²) in [6.07, 6.45) is 1.60. The van der Waals surface area contributed by atoms with E-state index in [0.717, 1.165) is 11.5 Å². The summed E-state index contributed by atoms with van der Waals surface area (Å²) < 4.78 is 27.8. The smallest absolute Gasteiger partial charge is 0.199 e. The minimum Gasteiger partial charge on any atom is -0.288 e. The Morgan fingerprint density at radius 2 is 1.90 bits per heavy atom. The van der Waals surface area contributed by atoms with Gasteiger partial charge in [-0.1, -0.05) is 24.3 Å². The lowest BCUT2D eigenvalue weighted by Crippen LogP contribution is -2.09. The number of ketones is 1. The van der Waals surface area contributed by atoms with Gasteiger partial charge in [0.25, 0.3) is 0 Å². The quantitative estimate of drug-likeness (QED) is 0.664. The number of benzene rings is 2. The van der Waals surface area contributed by atoms with E-state index in [4.69, 9.17) is 0 Å². The number of nitrogens with zero attached hydrogens (tertiary/aromatic N) is 1. The van der Waals surface area contributed by atoms with Crippen LogP contribution in [-0.2, 0) is 0 Å². The van der Waals surface area contributed by atoms with Gasteiger partial charge in [0.15, 0.2) is 5.78 Å². The molecule has 0 unspecified atom stereocenters. The molecule has 0 N–H and O–H groups in total. The maximum Gasteiger partial charge on any atom is 0.199 e. The standard InChI is InChI=1S/C17H11F2NO/c1-10-4-7-13(18)15(16(10)19)17(21)12-6-5-11-3-2-8-20-14(11)9-12/h2-9H,1H3. The average molecular weight is 283 g/mol. The van der Waals surface area contributed by atoms with Crippen molar-refractivity contribution in [3.05, 3.63) is 77.0 Å². The number of aromatic nitrogens is 1. The first kappa shape index (κ1) is 13.4. The van der Waals surface area contributed by atoms with Crippen LogP contribution in [-0.4, -0.2) is 10.8 Å². The summed E-state index contributed by atoms with van der Waals surface area (Å²) in [6, 6.07) is 10.8. The van der Waals surface area contributed by atoms with Gasteiger partial charge in [-0.2, -0.15) is 0 Å². The number of halogens is 2. The number of aryl methyl sites for hydroxylation is 1. The van der Waals surface area contributed by atoms with E-state index in [0.29, 0.717) is 5.52 Å². The van der Waals surface area contributed by atoms with E-state index in [1.807, 2.05) is 6.07 Å². The lowest BCUT2D eigenvalue weighted by atomic mass is 9.99. The van der Waals surface area contributed by atoms with E-state index in [9.17, 15) is 13.6 Å². The van der Waals surface area contributed by atoms with Crippen molar-refractivity contribution in [3.63, 3.8) is 0 Å². The van der Waals surface area contributed by atoms with E-state index in [2.05, 4.69) is 4.98 Å². The van der Waals surface area contributed by atoms with Gasteiger partial charge in [0.2, 0.25) is 0 Å². The van der Waals surface area contributed by atoms with Crippen LogP contribution in [0.5, 0.6) is 0 Å². The zero-order valence-corrected chi connectivity index (χ0v) is 11.2. The molecule has 2 aromatic carbocycles. The molecule has 0 radical (unpaired) electrons. The molecule has 104 valence electrons. The van der Waals surface area contributed by atoms with Crippen molar-refractivity contribution >= 4 is 16.7 Å². The molecule has 0 aliphatic heterocycles. The Hall–Kier alpha value is -2.62. The summed E-state index contributed by atoms with van der Waals surface area (Å²) in [7, 11) is 0. The molecule has 0 saturated carbocycles.